The van der Waals surface area contributed by atoms with Gasteiger partial charge in [-0.1, -0.05) is 23.2 Å². The van der Waals surface area contributed by atoms with E-state index < -0.39 is 27.3 Å². The first-order chi connectivity index (χ1) is 12.6. The molecule has 0 bridgehead atoms. The van der Waals surface area contributed by atoms with Crippen LogP contribution in [0.25, 0.3) is 0 Å². The van der Waals surface area contributed by atoms with Crippen molar-refractivity contribution in [3.05, 3.63) is 41.8 Å². The van der Waals surface area contributed by atoms with Gasteiger partial charge in [0.2, 0.25) is 5.91 Å². The summed E-state index contributed by atoms with van der Waals surface area (Å²) >= 11 is 11.9. The molecule has 0 atom stereocenters. The Labute approximate surface area is 162 Å². The van der Waals surface area contributed by atoms with Crippen LogP contribution in [0.5, 0.6) is 0 Å². The number of nitro groups is 2. The van der Waals surface area contributed by atoms with Crippen molar-refractivity contribution in [1.29, 1.82) is 0 Å². The fourth-order valence-corrected chi connectivity index (χ4v) is 2.73. The second kappa shape index (κ2) is 8.31. The molecule has 0 radical (unpaired) electrons. The number of halogens is 2. The molecule has 1 amide bonds. The monoisotopic (exact) mass is 419 g/mol. The molecule has 0 saturated heterocycles. The highest BCUT2D eigenvalue weighted by Crippen LogP contribution is 2.29. The van der Waals surface area contributed by atoms with Crippen molar-refractivity contribution in [3.8, 4) is 0 Å². The van der Waals surface area contributed by atoms with E-state index in [0.717, 1.165) is 4.68 Å². The molecule has 0 aliphatic heterocycles. The number of aromatic nitrogens is 4. The fourth-order valence-electron chi connectivity index (χ4n) is 2.34. The maximum atomic E-state index is 12.0. The molecule has 0 unspecified atom stereocenters. The smallest absolute Gasteiger partial charge is 0.358 e. The Morgan fingerprint density at radius 2 is 1.81 bits per heavy atom. The predicted molar refractivity (Wildman–Crippen MR) is 94.9 cm³/mol. The Morgan fingerprint density at radius 1 is 1.15 bits per heavy atom. The summed E-state index contributed by atoms with van der Waals surface area (Å²) in [7, 11) is 0. The molecule has 0 aromatic carbocycles. The van der Waals surface area contributed by atoms with Crippen LogP contribution in [-0.4, -0.2) is 41.9 Å². The molecule has 0 aliphatic rings. The van der Waals surface area contributed by atoms with Crippen molar-refractivity contribution in [2.24, 2.45) is 0 Å². The fraction of sp³-hybridized carbons (Fsp3) is 0.462. The van der Waals surface area contributed by atoms with Gasteiger partial charge in [-0.25, -0.2) is 0 Å². The largest absolute Gasteiger partial charge is 0.468 e. The average Bonchev–Trinajstić information content (AvgIpc) is 3.04. The zero-order valence-electron chi connectivity index (χ0n) is 14.3. The van der Waals surface area contributed by atoms with E-state index in [4.69, 9.17) is 23.2 Å². The lowest BCUT2D eigenvalue weighted by Gasteiger charge is -2.05. The van der Waals surface area contributed by atoms with E-state index >= 15 is 0 Å². The Bertz CT molecular complexity index is 907. The quantitative estimate of drug-likeness (QED) is 0.390. The van der Waals surface area contributed by atoms with Gasteiger partial charge in [-0.15, -0.1) is 0 Å². The molecule has 0 spiro atoms. The third-order valence-corrected chi connectivity index (χ3v) is 4.60. The number of nitrogens with zero attached hydrogens (tertiary/aromatic N) is 6. The van der Waals surface area contributed by atoms with Crippen LogP contribution in [0.15, 0.2) is 0 Å². The maximum Gasteiger partial charge on any atom is 0.468 e. The van der Waals surface area contributed by atoms with Crippen LogP contribution in [0.3, 0.4) is 0 Å². The Kier molecular flexibility index (Phi) is 6.33. The van der Waals surface area contributed by atoms with E-state index in [1.54, 1.807) is 6.92 Å². The first-order valence-corrected chi connectivity index (χ1v) is 8.40. The van der Waals surface area contributed by atoms with Gasteiger partial charge in [-0.05, 0) is 25.2 Å². The highest BCUT2D eigenvalue weighted by Gasteiger charge is 2.35. The highest BCUT2D eigenvalue weighted by molar-refractivity contribution is 6.41. The molecule has 2 aromatic rings. The Morgan fingerprint density at radius 3 is 2.30 bits per heavy atom. The second-order valence-electron chi connectivity index (χ2n) is 5.55. The topological polar surface area (TPSA) is 151 Å². The van der Waals surface area contributed by atoms with Gasteiger partial charge in [-0.3, -0.25) is 19.6 Å². The third-order valence-electron chi connectivity index (χ3n) is 3.67. The number of carbonyl (C=O) groups is 1. The number of hydrogen-bond acceptors (Lipinski definition) is 7. The van der Waals surface area contributed by atoms with Gasteiger partial charge in [0.05, 0.1) is 15.7 Å². The van der Waals surface area contributed by atoms with Gasteiger partial charge in [0.1, 0.15) is 22.4 Å². The lowest BCUT2D eigenvalue weighted by atomic mass is 10.3. The van der Waals surface area contributed by atoms with E-state index in [9.17, 15) is 25.0 Å². The number of aryl methyl sites for hydroxylation is 2. The van der Waals surface area contributed by atoms with Crippen LogP contribution in [0.2, 0.25) is 10.2 Å². The van der Waals surface area contributed by atoms with Crippen molar-refractivity contribution in [1.82, 2.24) is 24.9 Å². The molecule has 2 heterocycles. The summed E-state index contributed by atoms with van der Waals surface area (Å²) in [5.41, 5.74) is -0.202. The number of rotatable bonds is 8. The summed E-state index contributed by atoms with van der Waals surface area (Å²) < 4.78 is 2.44. The number of nitrogens with one attached hydrogen (secondary N) is 1. The van der Waals surface area contributed by atoms with Gasteiger partial charge < -0.3 is 15.4 Å². The average molecular weight is 420 g/mol. The molecule has 27 heavy (non-hydrogen) atoms. The van der Waals surface area contributed by atoms with E-state index in [0.29, 0.717) is 28.8 Å². The molecule has 14 heteroatoms. The molecule has 1 N–H and O–H groups in total. The van der Waals surface area contributed by atoms with Crippen LogP contribution < -0.4 is 5.32 Å². The zero-order valence-corrected chi connectivity index (χ0v) is 15.8. The van der Waals surface area contributed by atoms with Gasteiger partial charge in [-0.2, -0.15) is 9.78 Å². The van der Waals surface area contributed by atoms with Crippen LogP contribution in [-0.2, 0) is 17.9 Å². The number of amides is 1. The molecule has 0 aliphatic carbocycles. The summed E-state index contributed by atoms with van der Waals surface area (Å²) in [4.78, 5) is 32.0. The minimum absolute atomic E-state index is 0.0738. The summed E-state index contributed by atoms with van der Waals surface area (Å²) in [6.07, 6.45) is 0.501. The minimum atomic E-state index is -0.958. The van der Waals surface area contributed by atoms with Gasteiger partial charge in [0.25, 0.3) is 0 Å². The third kappa shape index (κ3) is 4.52. The molecule has 12 nitrogen and oxygen atoms in total. The highest BCUT2D eigenvalue weighted by atomic mass is 35.5. The van der Waals surface area contributed by atoms with E-state index in [1.165, 1.54) is 11.6 Å². The van der Waals surface area contributed by atoms with Gasteiger partial charge >= 0.3 is 11.5 Å². The van der Waals surface area contributed by atoms with Crippen molar-refractivity contribution in [2.45, 2.75) is 33.4 Å². The van der Waals surface area contributed by atoms with Gasteiger partial charge in [0.15, 0.2) is 0 Å². The summed E-state index contributed by atoms with van der Waals surface area (Å²) in [6, 6.07) is 0. The van der Waals surface area contributed by atoms with Crippen molar-refractivity contribution >= 4 is 40.6 Å². The van der Waals surface area contributed by atoms with Crippen molar-refractivity contribution in [3.63, 3.8) is 0 Å². The molecule has 0 fully saturated rings. The van der Waals surface area contributed by atoms with E-state index in [1.807, 2.05) is 0 Å². The standard InChI is InChI=1S/C13H15Cl2N7O5/c1-7-10(14)12(15)19(17-7)5-3-4-16-9(23)6-20-8(2)11(21(24)25)13(18-20)22(26)27/h3-6H2,1-2H3,(H,16,23). The maximum absolute atomic E-state index is 12.0. The van der Waals surface area contributed by atoms with Crippen molar-refractivity contribution < 1.29 is 14.6 Å². The Balaban J connectivity index is 1.92. The first-order valence-electron chi connectivity index (χ1n) is 7.64. The molecule has 0 saturated carbocycles. The number of hydrogen-bond donors (Lipinski definition) is 1. The van der Waals surface area contributed by atoms with Crippen LogP contribution >= 0.6 is 23.2 Å². The zero-order chi connectivity index (χ0) is 20.3. The Hall–Kier alpha value is -2.73. The lowest BCUT2D eigenvalue weighted by molar-refractivity contribution is -0.424. The molecular formula is C13H15Cl2N7O5. The predicted octanol–water partition coefficient (Wildman–Crippen LogP) is 2.03. The normalized spacial score (nSPS) is 10.8. The van der Waals surface area contributed by atoms with E-state index in [-0.39, 0.29) is 18.8 Å². The molecule has 2 aromatic heterocycles. The summed E-state index contributed by atoms with van der Waals surface area (Å²) in [5.74, 6) is -1.39. The van der Waals surface area contributed by atoms with Crippen molar-refractivity contribution in [2.75, 3.05) is 6.54 Å². The second-order valence-corrected chi connectivity index (χ2v) is 6.28. The van der Waals surface area contributed by atoms with Crippen LogP contribution in [0.1, 0.15) is 17.8 Å². The lowest BCUT2D eigenvalue weighted by Crippen LogP contribution is -2.29. The molecule has 2 rings (SSSR count). The van der Waals surface area contributed by atoms with E-state index in [2.05, 4.69) is 15.5 Å². The number of carbonyl (C=O) groups excluding carboxylic acids is 1. The summed E-state index contributed by atoms with van der Waals surface area (Å²) in [6.45, 7) is 3.32. The molecular weight excluding hydrogens is 405 g/mol. The first kappa shape index (κ1) is 20.6. The summed E-state index contributed by atoms with van der Waals surface area (Å²) in [5, 5.41) is 32.8. The van der Waals surface area contributed by atoms with Gasteiger partial charge in [0, 0.05) is 13.1 Å². The molecule has 146 valence electrons. The minimum Gasteiger partial charge on any atom is -0.358 e. The van der Waals surface area contributed by atoms with Crippen LogP contribution in [0, 0.1) is 34.1 Å². The SMILES string of the molecule is Cc1nn(CCCNC(=O)Cn2nc([N+](=O)[O-])c([N+](=O)[O-])c2C)c(Cl)c1Cl. The van der Waals surface area contributed by atoms with Crippen LogP contribution in [0.4, 0.5) is 11.5 Å².